The maximum atomic E-state index is 12.4. The first-order valence-electron chi connectivity index (χ1n) is 7.80. The molecule has 0 unspecified atom stereocenters. The summed E-state index contributed by atoms with van der Waals surface area (Å²) in [5.74, 6) is 0.815. The van der Waals surface area contributed by atoms with Gasteiger partial charge in [-0.3, -0.25) is 4.79 Å². The van der Waals surface area contributed by atoms with Gasteiger partial charge in [0.05, 0.1) is 0 Å². The summed E-state index contributed by atoms with van der Waals surface area (Å²) in [6, 6.07) is 10.7. The molecule has 1 aromatic carbocycles. The molecule has 0 spiro atoms. The van der Waals surface area contributed by atoms with Crippen molar-refractivity contribution in [1.29, 1.82) is 0 Å². The van der Waals surface area contributed by atoms with Crippen molar-refractivity contribution in [1.82, 2.24) is 4.90 Å². The van der Waals surface area contributed by atoms with Crippen LogP contribution in [0.4, 0.5) is 0 Å². The van der Waals surface area contributed by atoms with Crippen molar-refractivity contribution >= 4 is 5.91 Å². The molecule has 0 saturated carbocycles. The van der Waals surface area contributed by atoms with E-state index in [0.29, 0.717) is 5.92 Å². The summed E-state index contributed by atoms with van der Waals surface area (Å²) in [6.45, 7) is 2.51. The number of amides is 1. The highest BCUT2D eigenvalue weighted by molar-refractivity contribution is 5.81. The number of hydrogen-bond donors (Lipinski definition) is 0. The molecule has 0 radical (unpaired) electrons. The summed E-state index contributed by atoms with van der Waals surface area (Å²) in [5, 5.41) is 0. The Morgan fingerprint density at radius 1 is 1.05 bits per heavy atom. The fourth-order valence-corrected chi connectivity index (χ4v) is 3.35. The van der Waals surface area contributed by atoms with Gasteiger partial charge in [0.25, 0.3) is 5.91 Å². The average Bonchev–Trinajstić information content (AvgIpc) is 2.92. The summed E-state index contributed by atoms with van der Waals surface area (Å²) < 4.78 is 5.53. The molecule has 2 fully saturated rings. The summed E-state index contributed by atoms with van der Waals surface area (Å²) in [5.41, 5.74) is 1.42. The number of nitrogens with zero attached hydrogens (tertiary/aromatic N) is 1. The molecule has 2 atom stereocenters. The molecule has 2 aliphatic rings. The van der Waals surface area contributed by atoms with E-state index in [9.17, 15) is 4.79 Å². The lowest BCUT2D eigenvalue weighted by Crippen LogP contribution is -2.39. The van der Waals surface area contributed by atoms with Crippen molar-refractivity contribution < 1.29 is 9.53 Å². The van der Waals surface area contributed by atoms with Crippen LogP contribution >= 0.6 is 0 Å². The fraction of sp³-hybridized carbons (Fsp3) is 0.588. The van der Waals surface area contributed by atoms with E-state index in [-0.39, 0.29) is 12.0 Å². The van der Waals surface area contributed by atoms with Crippen LogP contribution < -0.4 is 0 Å². The van der Waals surface area contributed by atoms with Crippen LogP contribution in [0.2, 0.25) is 0 Å². The van der Waals surface area contributed by atoms with Gasteiger partial charge in [0.1, 0.15) is 6.10 Å². The molecule has 3 nitrogen and oxygen atoms in total. The van der Waals surface area contributed by atoms with Crippen LogP contribution in [0.1, 0.15) is 43.6 Å². The monoisotopic (exact) mass is 273 g/mol. The molecule has 0 N–H and O–H groups in total. The van der Waals surface area contributed by atoms with E-state index in [1.54, 1.807) is 0 Å². The van der Waals surface area contributed by atoms with Gasteiger partial charge in [-0.05, 0) is 43.6 Å². The molecule has 0 aliphatic carbocycles. The molecular formula is C17H23NO2. The fourth-order valence-electron chi connectivity index (χ4n) is 3.35. The van der Waals surface area contributed by atoms with Crippen molar-refractivity contribution in [3.63, 3.8) is 0 Å². The number of likely N-dealkylation sites (tertiary alicyclic amines) is 1. The minimum absolute atomic E-state index is 0.164. The molecule has 2 saturated heterocycles. The van der Waals surface area contributed by atoms with Crippen LogP contribution in [-0.4, -0.2) is 36.6 Å². The molecule has 1 amide bonds. The van der Waals surface area contributed by atoms with E-state index in [1.165, 1.54) is 12.0 Å². The van der Waals surface area contributed by atoms with E-state index in [4.69, 9.17) is 4.74 Å². The topological polar surface area (TPSA) is 29.5 Å². The van der Waals surface area contributed by atoms with Gasteiger partial charge in [-0.25, -0.2) is 0 Å². The first-order valence-corrected chi connectivity index (χ1v) is 7.80. The first-order chi connectivity index (χ1) is 9.84. The molecule has 20 heavy (non-hydrogen) atoms. The third kappa shape index (κ3) is 3.04. The number of ether oxygens (including phenoxy) is 1. The van der Waals surface area contributed by atoms with Crippen LogP contribution in [0.25, 0.3) is 0 Å². The predicted octanol–water partition coefficient (Wildman–Crippen LogP) is 2.96. The van der Waals surface area contributed by atoms with E-state index in [2.05, 4.69) is 30.3 Å². The SMILES string of the molecule is O=C([C@@H]1CCCO1)N1CCC[C@@H](c2ccccc2)CC1. The average molecular weight is 273 g/mol. The number of benzene rings is 1. The van der Waals surface area contributed by atoms with Crippen molar-refractivity contribution in [2.75, 3.05) is 19.7 Å². The quantitative estimate of drug-likeness (QED) is 0.829. The molecule has 3 rings (SSSR count). The predicted molar refractivity (Wildman–Crippen MR) is 78.6 cm³/mol. The van der Waals surface area contributed by atoms with Crippen molar-refractivity contribution in [2.24, 2.45) is 0 Å². The smallest absolute Gasteiger partial charge is 0.251 e. The second-order valence-corrected chi connectivity index (χ2v) is 5.87. The van der Waals surface area contributed by atoms with Gasteiger partial charge in [-0.1, -0.05) is 30.3 Å². The second-order valence-electron chi connectivity index (χ2n) is 5.87. The van der Waals surface area contributed by atoms with E-state index < -0.39 is 0 Å². The van der Waals surface area contributed by atoms with Gasteiger partial charge < -0.3 is 9.64 Å². The molecule has 108 valence electrons. The third-order valence-corrected chi connectivity index (χ3v) is 4.52. The minimum atomic E-state index is -0.164. The molecule has 3 heteroatoms. The Labute approximate surface area is 120 Å². The summed E-state index contributed by atoms with van der Waals surface area (Å²) >= 11 is 0. The molecule has 2 aliphatic heterocycles. The lowest BCUT2D eigenvalue weighted by Gasteiger charge is -2.23. The number of carbonyl (C=O) groups excluding carboxylic acids is 1. The number of hydrogen-bond acceptors (Lipinski definition) is 2. The van der Waals surface area contributed by atoms with Gasteiger partial charge in [0.15, 0.2) is 0 Å². The molecule has 1 aromatic rings. The van der Waals surface area contributed by atoms with Crippen LogP contribution in [0, 0.1) is 0 Å². The van der Waals surface area contributed by atoms with Gasteiger partial charge in [-0.15, -0.1) is 0 Å². The lowest BCUT2D eigenvalue weighted by atomic mass is 9.92. The zero-order valence-electron chi connectivity index (χ0n) is 12.0. The van der Waals surface area contributed by atoms with Crippen LogP contribution in [0.3, 0.4) is 0 Å². The standard InChI is InChI=1S/C17H23NO2/c19-17(16-9-5-13-20-16)18-11-4-8-15(10-12-18)14-6-2-1-3-7-14/h1-3,6-7,15-16H,4-5,8-13H2/t15-,16+/m1/s1. The van der Waals surface area contributed by atoms with Gasteiger partial charge in [0, 0.05) is 19.7 Å². The minimum Gasteiger partial charge on any atom is -0.368 e. The first kappa shape index (κ1) is 13.6. The Morgan fingerprint density at radius 2 is 1.90 bits per heavy atom. The summed E-state index contributed by atoms with van der Waals surface area (Å²) in [7, 11) is 0. The van der Waals surface area contributed by atoms with Crippen LogP contribution in [0.5, 0.6) is 0 Å². The maximum absolute atomic E-state index is 12.4. The largest absolute Gasteiger partial charge is 0.368 e. The lowest BCUT2D eigenvalue weighted by molar-refractivity contribution is -0.140. The zero-order chi connectivity index (χ0) is 13.8. The highest BCUT2D eigenvalue weighted by Crippen LogP contribution is 2.28. The third-order valence-electron chi connectivity index (χ3n) is 4.52. The zero-order valence-corrected chi connectivity index (χ0v) is 12.0. The second kappa shape index (κ2) is 6.40. The van der Waals surface area contributed by atoms with Crippen molar-refractivity contribution in [3.8, 4) is 0 Å². The number of carbonyl (C=O) groups is 1. The highest BCUT2D eigenvalue weighted by Gasteiger charge is 2.29. The van der Waals surface area contributed by atoms with E-state index >= 15 is 0 Å². The van der Waals surface area contributed by atoms with E-state index in [0.717, 1.165) is 45.4 Å². The van der Waals surface area contributed by atoms with Crippen molar-refractivity contribution in [2.45, 2.75) is 44.1 Å². The molecular weight excluding hydrogens is 250 g/mol. The Bertz CT molecular complexity index is 440. The van der Waals surface area contributed by atoms with Crippen molar-refractivity contribution in [3.05, 3.63) is 35.9 Å². The number of rotatable bonds is 2. The van der Waals surface area contributed by atoms with Crippen LogP contribution in [-0.2, 0) is 9.53 Å². The highest BCUT2D eigenvalue weighted by atomic mass is 16.5. The van der Waals surface area contributed by atoms with E-state index in [1.807, 2.05) is 4.90 Å². The molecule has 0 aromatic heterocycles. The normalized spacial score (nSPS) is 27.3. The summed E-state index contributed by atoms with van der Waals surface area (Å²) in [6.07, 6.45) is 5.11. The molecule has 2 heterocycles. The van der Waals surface area contributed by atoms with Gasteiger partial charge in [-0.2, -0.15) is 0 Å². The Kier molecular flexibility index (Phi) is 4.36. The Hall–Kier alpha value is -1.35. The van der Waals surface area contributed by atoms with Gasteiger partial charge in [0.2, 0.25) is 0 Å². The summed E-state index contributed by atoms with van der Waals surface area (Å²) in [4.78, 5) is 14.4. The van der Waals surface area contributed by atoms with Gasteiger partial charge >= 0.3 is 0 Å². The maximum Gasteiger partial charge on any atom is 0.251 e. The molecule has 0 bridgehead atoms. The Morgan fingerprint density at radius 3 is 2.65 bits per heavy atom. The van der Waals surface area contributed by atoms with Crippen LogP contribution in [0.15, 0.2) is 30.3 Å². The Balaban J connectivity index is 1.60.